The first-order valence-corrected chi connectivity index (χ1v) is 15.3. The number of ether oxygens (including phenoxy) is 2. The molecule has 0 unspecified atom stereocenters. The molecule has 0 saturated carbocycles. The molecule has 2 aromatic heterocycles. The third-order valence-electron chi connectivity index (χ3n) is 6.79. The number of hydrogen-bond donors (Lipinski definition) is 4. The third-order valence-corrected chi connectivity index (χ3v) is 8.00. The van der Waals surface area contributed by atoms with E-state index in [0.717, 1.165) is 24.2 Å². The molecule has 13 heteroatoms. The normalized spacial score (nSPS) is 12.8. The Hall–Kier alpha value is -5.27. The minimum absolute atomic E-state index is 0.0216. The second-order valence-corrected chi connectivity index (χ2v) is 11.4. The van der Waals surface area contributed by atoms with Crippen LogP contribution >= 0.6 is 11.8 Å². The number of aromatic hydroxyl groups is 1. The van der Waals surface area contributed by atoms with Gasteiger partial charge < -0.3 is 38.7 Å². The molecule has 0 radical (unpaired) electrons. The molecule has 4 aromatic rings. The van der Waals surface area contributed by atoms with Gasteiger partial charge in [-0.1, -0.05) is 37.6 Å². The van der Waals surface area contributed by atoms with E-state index in [9.17, 15) is 34.5 Å². The molecular weight excluding hydrogens is 632 g/mol. The van der Waals surface area contributed by atoms with Gasteiger partial charge in [0, 0.05) is 10.5 Å². The molecule has 2 aromatic carbocycles. The summed E-state index contributed by atoms with van der Waals surface area (Å²) >= 11 is 1.16. The van der Waals surface area contributed by atoms with Gasteiger partial charge in [-0.15, -0.1) is 11.8 Å². The highest BCUT2D eigenvalue weighted by atomic mass is 32.2. The maximum Gasteiger partial charge on any atom is 0.513 e. The van der Waals surface area contributed by atoms with Crippen LogP contribution in [-0.4, -0.2) is 50.2 Å². The SMILES string of the molecule is CCCc1c(OCC/C=C\C=C\[C@H](Sc2ccc3c(=O)cc(OC(=O)O)oc3c2)[C@H](O)c2ccc(C(=O)O)o2)ccc(C(C)=O)c1O. The Kier molecular flexibility index (Phi) is 11.7. The monoisotopic (exact) mass is 664 g/mol. The Morgan fingerprint density at radius 2 is 1.81 bits per heavy atom. The zero-order valence-electron chi connectivity index (χ0n) is 25.4. The third kappa shape index (κ3) is 8.93. The summed E-state index contributed by atoms with van der Waals surface area (Å²) in [5.74, 6) is -1.89. The van der Waals surface area contributed by atoms with E-state index >= 15 is 0 Å². The molecule has 246 valence electrons. The average molecular weight is 665 g/mol. The highest BCUT2D eigenvalue weighted by molar-refractivity contribution is 8.00. The van der Waals surface area contributed by atoms with E-state index in [1.54, 1.807) is 30.4 Å². The predicted octanol–water partition coefficient (Wildman–Crippen LogP) is 6.78. The number of carboxylic acid groups (broad SMARTS) is 2. The first-order valence-electron chi connectivity index (χ1n) is 14.5. The zero-order chi connectivity index (χ0) is 34.1. The van der Waals surface area contributed by atoms with E-state index < -0.39 is 34.9 Å². The molecule has 0 aliphatic heterocycles. The lowest BCUT2D eigenvalue weighted by molar-refractivity contribution is 0.0651. The molecule has 0 spiro atoms. The topological polar surface area (TPSA) is 194 Å². The summed E-state index contributed by atoms with van der Waals surface area (Å²) in [5, 5.41) is 39.3. The van der Waals surface area contributed by atoms with E-state index in [1.165, 1.54) is 37.3 Å². The molecule has 0 saturated heterocycles. The van der Waals surface area contributed by atoms with Crippen LogP contribution in [0.5, 0.6) is 17.4 Å². The van der Waals surface area contributed by atoms with Crippen molar-refractivity contribution < 1.29 is 53.1 Å². The fraction of sp³-hybridized carbons (Fsp3) is 0.235. The van der Waals surface area contributed by atoms with Gasteiger partial charge in [-0.05, 0) is 62.2 Å². The minimum atomic E-state index is -1.64. The van der Waals surface area contributed by atoms with Crippen molar-refractivity contribution in [3.8, 4) is 17.4 Å². The number of carboxylic acids is 1. The number of benzene rings is 2. The molecule has 4 rings (SSSR count). The number of carbonyl (C=O) groups is 3. The quantitative estimate of drug-likeness (QED) is 0.0342. The van der Waals surface area contributed by atoms with E-state index in [4.69, 9.17) is 18.7 Å². The van der Waals surface area contributed by atoms with Crippen molar-refractivity contribution in [2.24, 2.45) is 0 Å². The van der Waals surface area contributed by atoms with Crippen molar-refractivity contribution >= 4 is 40.6 Å². The standard InChI is InChI=1S/C34H32O12S/c1-3-8-23-25(13-12-21(19(2)35)31(23)37)43-16-7-5-4-6-9-29(32(38)26-14-15-27(44-26)33(39)40)47-20-10-11-22-24(36)18-30(46-34(41)42)45-28(22)17-20/h4-6,9-15,17-18,29,32,37-38H,3,7-8,16H2,1-2H3,(H,39,40)(H,41,42)/b5-4-,9-6+/t29-,32+/m0/s1. The van der Waals surface area contributed by atoms with Crippen molar-refractivity contribution in [1.29, 1.82) is 0 Å². The zero-order valence-corrected chi connectivity index (χ0v) is 26.2. The van der Waals surface area contributed by atoms with Crippen molar-refractivity contribution in [3.05, 3.63) is 106 Å². The highest BCUT2D eigenvalue weighted by Crippen LogP contribution is 2.36. The number of fused-ring (bicyclic) bond motifs is 1. The van der Waals surface area contributed by atoms with Gasteiger partial charge in [-0.2, -0.15) is 0 Å². The molecule has 0 fully saturated rings. The minimum Gasteiger partial charge on any atom is -0.507 e. The molecule has 47 heavy (non-hydrogen) atoms. The summed E-state index contributed by atoms with van der Waals surface area (Å²) in [6, 6.07) is 11.4. The van der Waals surface area contributed by atoms with Gasteiger partial charge in [0.2, 0.25) is 5.76 Å². The number of aliphatic hydroxyl groups is 1. The number of furan rings is 1. The fourth-order valence-electron chi connectivity index (χ4n) is 4.59. The van der Waals surface area contributed by atoms with Gasteiger partial charge in [-0.3, -0.25) is 9.59 Å². The summed E-state index contributed by atoms with van der Waals surface area (Å²) in [7, 11) is 0. The highest BCUT2D eigenvalue weighted by Gasteiger charge is 2.25. The van der Waals surface area contributed by atoms with E-state index in [0.29, 0.717) is 35.7 Å². The molecule has 2 heterocycles. The Bertz CT molecular complexity index is 1880. The van der Waals surface area contributed by atoms with Crippen molar-refractivity contribution in [2.45, 2.75) is 49.4 Å². The first kappa shape index (κ1) is 34.6. The van der Waals surface area contributed by atoms with Gasteiger partial charge >= 0.3 is 12.1 Å². The molecule has 0 bridgehead atoms. The number of aromatic carboxylic acids is 1. The van der Waals surface area contributed by atoms with Crippen LogP contribution in [-0.2, 0) is 6.42 Å². The van der Waals surface area contributed by atoms with Crippen LogP contribution in [0.2, 0.25) is 0 Å². The van der Waals surface area contributed by atoms with Gasteiger partial charge in [0.25, 0.3) is 5.95 Å². The number of allylic oxidation sites excluding steroid dienone is 2. The second-order valence-electron chi connectivity index (χ2n) is 10.2. The summed E-state index contributed by atoms with van der Waals surface area (Å²) < 4.78 is 21.1. The Balaban J connectivity index is 1.50. The predicted molar refractivity (Wildman–Crippen MR) is 172 cm³/mol. The number of rotatable bonds is 15. The summed E-state index contributed by atoms with van der Waals surface area (Å²) in [5.41, 5.74) is 0.390. The molecule has 0 amide bonds. The number of ketones is 1. The molecule has 4 N–H and O–H groups in total. The number of aliphatic hydroxyl groups excluding tert-OH is 1. The van der Waals surface area contributed by atoms with Gasteiger partial charge in [-0.25, -0.2) is 9.59 Å². The van der Waals surface area contributed by atoms with E-state index in [2.05, 4.69) is 4.74 Å². The van der Waals surface area contributed by atoms with Crippen LogP contribution < -0.4 is 14.9 Å². The summed E-state index contributed by atoms with van der Waals surface area (Å²) in [6.45, 7) is 3.65. The van der Waals surface area contributed by atoms with Crippen LogP contribution in [0.1, 0.15) is 65.0 Å². The van der Waals surface area contributed by atoms with Crippen LogP contribution in [0.3, 0.4) is 0 Å². The van der Waals surface area contributed by atoms with Gasteiger partial charge in [0.15, 0.2) is 11.2 Å². The Morgan fingerprint density at radius 3 is 2.49 bits per heavy atom. The maximum atomic E-state index is 12.4. The lowest BCUT2D eigenvalue weighted by Crippen LogP contribution is -2.12. The fourth-order valence-corrected chi connectivity index (χ4v) is 5.66. The summed E-state index contributed by atoms with van der Waals surface area (Å²) in [6.07, 6.45) is 5.81. The number of phenolic OH excluding ortho intramolecular Hbond substituents is 1. The number of carbonyl (C=O) groups excluding carboxylic acids is 1. The van der Waals surface area contributed by atoms with Crippen molar-refractivity contribution in [1.82, 2.24) is 0 Å². The van der Waals surface area contributed by atoms with Crippen LogP contribution in [0, 0.1) is 0 Å². The largest absolute Gasteiger partial charge is 0.513 e. The van der Waals surface area contributed by atoms with Crippen LogP contribution in [0.15, 0.2) is 91.4 Å². The van der Waals surface area contributed by atoms with E-state index in [-0.39, 0.29) is 39.6 Å². The molecule has 12 nitrogen and oxygen atoms in total. The Labute approximate surface area is 272 Å². The molecule has 0 aliphatic carbocycles. The number of thioether (sulfide) groups is 1. The first-order chi connectivity index (χ1) is 22.5. The average Bonchev–Trinajstić information content (AvgIpc) is 3.51. The summed E-state index contributed by atoms with van der Waals surface area (Å²) in [4.78, 5) is 47.0. The maximum absolute atomic E-state index is 12.4. The molecule has 2 atom stereocenters. The smallest absolute Gasteiger partial charge is 0.507 e. The molecular formula is C34H32O12S. The Morgan fingerprint density at radius 1 is 1.02 bits per heavy atom. The van der Waals surface area contributed by atoms with E-state index in [1.807, 2.05) is 13.0 Å². The lowest BCUT2D eigenvalue weighted by atomic mass is 10.0. The number of phenols is 1. The van der Waals surface area contributed by atoms with Gasteiger partial charge in [0.1, 0.15) is 28.9 Å². The van der Waals surface area contributed by atoms with Gasteiger partial charge in [0.05, 0.1) is 28.9 Å². The van der Waals surface area contributed by atoms with Crippen molar-refractivity contribution in [2.75, 3.05) is 6.61 Å². The second kappa shape index (κ2) is 15.8. The molecule has 0 aliphatic rings. The van der Waals surface area contributed by atoms with Crippen LogP contribution in [0.4, 0.5) is 4.79 Å². The van der Waals surface area contributed by atoms with Crippen LogP contribution in [0.25, 0.3) is 11.0 Å². The lowest BCUT2D eigenvalue weighted by Gasteiger charge is -2.18. The number of Topliss-reactive ketones (excluding diaryl/α,β-unsaturated/α-hetero) is 1. The number of hydrogen-bond acceptors (Lipinski definition) is 11. The van der Waals surface area contributed by atoms with Crippen molar-refractivity contribution in [3.63, 3.8) is 0 Å².